The van der Waals surface area contributed by atoms with E-state index in [0.717, 1.165) is 0 Å². The van der Waals surface area contributed by atoms with Crippen LogP contribution in [0.3, 0.4) is 0 Å². The summed E-state index contributed by atoms with van der Waals surface area (Å²) in [6.07, 6.45) is -2.59. The number of halogens is 3. The normalized spacial score (nSPS) is 12.9. The van der Waals surface area contributed by atoms with E-state index in [1.54, 1.807) is 6.92 Å². The van der Waals surface area contributed by atoms with Crippen LogP contribution in [0.2, 0.25) is 0 Å². The van der Waals surface area contributed by atoms with Gasteiger partial charge in [-0.3, -0.25) is 0 Å². The molecule has 0 aliphatic carbocycles. The third kappa shape index (κ3) is 3.13. The number of rotatable bonds is 4. The van der Waals surface area contributed by atoms with Crippen molar-refractivity contribution in [2.45, 2.75) is 19.4 Å². The summed E-state index contributed by atoms with van der Waals surface area (Å²) in [6.45, 7) is 0.802. The standard InChI is InChI=1S/C10H12F3NO/c1-6(14)10-7(11)3-2-4-8(10)15-5-9(12)13/h2-4,6,9H,5,14H2,1H3/t6-/m0/s1. The average Bonchev–Trinajstić information content (AvgIpc) is 2.13. The van der Waals surface area contributed by atoms with Gasteiger partial charge < -0.3 is 10.5 Å². The number of alkyl halides is 2. The predicted molar refractivity (Wildman–Crippen MR) is 50.5 cm³/mol. The molecule has 0 amide bonds. The molecule has 84 valence electrons. The second-order valence-corrected chi connectivity index (χ2v) is 3.14. The summed E-state index contributed by atoms with van der Waals surface area (Å²) in [5.74, 6) is -0.470. The number of hydrogen-bond acceptors (Lipinski definition) is 2. The zero-order valence-corrected chi connectivity index (χ0v) is 8.21. The molecule has 0 bridgehead atoms. The van der Waals surface area contributed by atoms with Crippen molar-refractivity contribution in [2.24, 2.45) is 5.73 Å². The smallest absolute Gasteiger partial charge is 0.272 e. The van der Waals surface area contributed by atoms with Gasteiger partial charge >= 0.3 is 0 Å². The molecule has 0 unspecified atom stereocenters. The second-order valence-electron chi connectivity index (χ2n) is 3.14. The van der Waals surface area contributed by atoms with E-state index in [2.05, 4.69) is 0 Å². The maximum Gasteiger partial charge on any atom is 0.272 e. The van der Waals surface area contributed by atoms with E-state index in [-0.39, 0.29) is 11.3 Å². The van der Waals surface area contributed by atoms with E-state index < -0.39 is 24.9 Å². The van der Waals surface area contributed by atoms with Crippen LogP contribution in [0.15, 0.2) is 18.2 Å². The topological polar surface area (TPSA) is 35.2 Å². The van der Waals surface area contributed by atoms with Gasteiger partial charge in [0.25, 0.3) is 6.43 Å². The SMILES string of the molecule is C[C@H](N)c1c(F)cccc1OCC(F)F. The minimum absolute atomic E-state index is 0.0744. The average molecular weight is 219 g/mol. The van der Waals surface area contributed by atoms with Gasteiger partial charge in [-0.15, -0.1) is 0 Å². The van der Waals surface area contributed by atoms with E-state index in [4.69, 9.17) is 10.5 Å². The molecule has 0 saturated carbocycles. The van der Waals surface area contributed by atoms with Crippen molar-refractivity contribution >= 4 is 0 Å². The van der Waals surface area contributed by atoms with Crippen LogP contribution in [0.5, 0.6) is 5.75 Å². The van der Waals surface area contributed by atoms with Crippen LogP contribution >= 0.6 is 0 Å². The van der Waals surface area contributed by atoms with Crippen molar-refractivity contribution in [3.63, 3.8) is 0 Å². The molecule has 1 atom stereocenters. The van der Waals surface area contributed by atoms with E-state index in [1.807, 2.05) is 0 Å². The summed E-state index contributed by atoms with van der Waals surface area (Å²) in [4.78, 5) is 0. The van der Waals surface area contributed by atoms with Gasteiger partial charge in [0.05, 0.1) is 0 Å². The molecule has 0 saturated heterocycles. The summed E-state index contributed by atoms with van der Waals surface area (Å²) >= 11 is 0. The molecule has 0 radical (unpaired) electrons. The fourth-order valence-electron chi connectivity index (χ4n) is 1.24. The van der Waals surface area contributed by atoms with Crippen LogP contribution in [-0.4, -0.2) is 13.0 Å². The Bertz CT molecular complexity index is 328. The Morgan fingerprint density at radius 2 is 2.07 bits per heavy atom. The second kappa shape index (κ2) is 5.02. The fourth-order valence-corrected chi connectivity index (χ4v) is 1.24. The van der Waals surface area contributed by atoms with Crippen molar-refractivity contribution in [3.8, 4) is 5.75 Å². The molecule has 0 fully saturated rings. The predicted octanol–water partition coefficient (Wildman–Crippen LogP) is 2.49. The van der Waals surface area contributed by atoms with Gasteiger partial charge in [0.15, 0.2) is 0 Å². The van der Waals surface area contributed by atoms with Crippen LogP contribution in [0.25, 0.3) is 0 Å². The molecule has 0 aromatic heterocycles. The lowest BCUT2D eigenvalue weighted by atomic mass is 10.1. The van der Waals surface area contributed by atoms with Crippen LogP contribution in [0.1, 0.15) is 18.5 Å². The number of benzene rings is 1. The number of hydrogen-bond donors (Lipinski definition) is 1. The monoisotopic (exact) mass is 219 g/mol. The van der Waals surface area contributed by atoms with Gasteiger partial charge in [-0.1, -0.05) is 6.07 Å². The molecule has 0 aliphatic rings. The van der Waals surface area contributed by atoms with Crippen molar-refractivity contribution in [3.05, 3.63) is 29.6 Å². The minimum atomic E-state index is -2.59. The lowest BCUT2D eigenvalue weighted by molar-refractivity contribution is 0.0810. The third-order valence-corrected chi connectivity index (χ3v) is 1.83. The Hall–Kier alpha value is -1.23. The van der Waals surface area contributed by atoms with Gasteiger partial charge in [0.2, 0.25) is 0 Å². The van der Waals surface area contributed by atoms with Crippen LogP contribution in [-0.2, 0) is 0 Å². The van der Waals surface area contributed by atoms with Crippen LogP contribution in [0.4, 0.5) is 13.2 Å². The molecule has 1 aromatic rings. The quantitative estimate of drug-likeness (QED) is 0.844. The Kier molecular flexibility index (Phi) is 3.96. The molecular formula is C10H12F3NO. The minimum Gasteiger partial charge on any atom is -0.487 e. The van der Waals surface area contributed by atoms with E-state index >= 15 is 0 Å². The molecule has 1 rings (SSSR count). The largest absolute Gasteiger partial charge is 0.487 e. The van der Waals surface area contributed by atoms with E-state index in [9.17, 15) is 13.2 Å². The summed E-state index contributed by atoms with van der Waals surface area (Å²) in [5.41, 5.74) is 5.64. The first-order valence-corrected chi connectivity index (χ1v) is 4.47. The highest BCUT2D eigenvalue weighted by molar-refractivity contribution is 5.36. The maximum atomic E-state index is 13.3. The zero-order chi connectivity index (χ0) is 11.4. The molecule has 2 nitrogen and oxygen atoms in total. The van der Waals surface area contributed by atoms with Gasteiger partial charge in [0.1, 0.15) is 18.2 Å². The third-order valence-electron chi connectivity index (χ3n) is 1.83. The zero-order valence-electron chi connectivity index (χ0n) is 8.21. The molecule has 0 heterocycles. The highest BCUT2D eigenvalue weighted by Crippen LogP contribution is 2.26. The number of ether oxygens (including phenoxy) is 1. The van der Waals surface area contributed by atoms with Crippen LogP contribution in [0, 0.1) is 5.82 Å². The molecule has 15 heavy (non-hydrogen) atoms. The summed E-state index contributed by atoms with van der Waals surface area (Å²) in [5, 5.41) is 0. The first kappa shape index (κ1) is 11.8. The summed E-state index contributed by atoms with van der Waals surface area (Å²) in [7, 11) is 0. The van der Waals surface area contributed by atoms with E-state index in [1.165, 1.54) is 18.2 Å². The van der Waals surface area contributed by atoms with Crippen LogP contribution < -0.4 is 10.5 Å². The maximum absolute atomic E-state index is 13.3. The van der Waals surface area contributed by atoms with Gasteiger partial charge in [-0.25, -0.2) is 13.2 Å². The molecule has 0 spiro atoms. The Labute approximate surface area is 85.8 Å². The highest BCUT2D eigenvalue weighted by atomic mass is 19.3. The lowest BCUT2D eigenvalue weighted by Gasteiger charge is -2.14. The van der Waals surface area contributed by atoms with Crippen molar-refractivity contribution in [1.29, 1.82) is 0 Å². The Morgan fingerprint density at radius 3 is 2.60 bits per heavy atom. The van der Waals surface area contributed by atoms with Gasteiger partial charge in [-0.05, 0) is 19.1 Å². The molecular weight excluding hydrogens is 207 g/mol. The summed E-state index contributed by atoms with van der Waals surface area (Å²) in [6, 6.07) is 3.43. The number of nitrogens with two attached hydrogens (primary N) is 1. The van der Waals surface area contributed by atoms with Crippen molar-refractivity contribution in [1.82, 2.24) is 0 Å². The van der Waals surface area contributed by atoms with Gasteiger partial charge in [-0.2, -0.15) is 0 Å². The molecule has 0 aliphatic heterocycles. The Morgan fingerprint density at radius 1 is 1.40 bits per heavy atom. The fraction of sp³-hybridized carbons (Fsp3) is 0.400. The van der Waals surface area contributed by atoms with E-state index in [0.29, 0.717) is 0 Å². The van der Waals surface area contributed by atoms with Crippen molar-refractivity contribution < 1.29 is 17.9 Å². The highest BCUT2D eigenvalue weighted by Gasteiger charge is 2.14. The van der Waals surface area contributed by atoms with Crippen molar-refractivity contribution in [2.75, 3.05) is 6.61 Å². The Balaban J connectivity index is 2.91. The summed E-state index contributed by atoms with van der Waals surface area (Å²) < 4.78 is 41.9. The molecule has 2 N–H and O–H groups in total. The molecule has 5 heteroatoms. The first-order valence-electron chi connectivity index (χ1n) is 4.47. The first-order chi connectivity index (χ1) is 7.02. The lowest BCUT2D eigenvalue weighted by Crippen LogP contribution is -2.13. The van der Waals surface area contributed by atoms with Gasteiger partial charge in [0, 0.05) is 11.6 Å². The molecule has 1 aromatic carbocycles.